The molecule has 110 valence electrons. The van der Waals surface area contributed by atoms with Gasteiger partial charge in [0.2, 0.25) is 5.91 Å². The van der Waals surface area contributed by atoms with Gasteiger partial charge in [0.05, 0.1) is 0 Å². The van der Waals surface area contributed by atoms with Crippen LogP contribution in [-0.4, -0.2) is 11.4 Å². The van der Waals surface area contributed by atoms with E-state index in [1.54, 1.807) is 0 Å². The highest BCUT2D eigenvalue weighted by Crippen LogP contribution is 2.34. The van der Waals surface area contributed by atoms with Crippen LogP contribution < -0.4 is 11.1 Å². The van der Waals surface area contributed by atoms with Gasteiger partial charge in [-0.25, -0.2) is 0 Å². The Morgan fingerprint density at radius 2 is 2.00 bits per heavy atom. The molecule has 1 amide bonds. The van der Waals surface area contributed by atoms with E-state index in [1.807, 2.05) is 12.1 Å². The molecule has 0 spiro atoms. The molecule has 2 rings (SSSR count). The molecule has 1 aliphatic rings. The lowest BCUT2D eigenvalue weighted by atomic mass is 9.88. The summed E-state index contributed by atoms with van der Waals surface area (Å²) in [6, 6.07) is 8.18. The smallest absolute Gasteiger partial charge is 0.243 e. The van der Waals surface area contributed by atoms with Gasteiger partial charge in [0, 0.05) is 5.69 Å². The third-order valence-corrected chi connectivity index (χ3v) is 4.68. The standard InChI is InChI=1S/C17H26N2O/c1-3-14-5-4-11-17(12-10-14,16(18)20)19-15-8-6-13(2)7-9-15/h6-9,14,19H,3-5,10-12H2,1-2H3,(H2,18,20). The molecule has 2 atom stereocenters. The molecule has 3 N–H and O–H groups in total. The van der Waals surface area contributed by atoms with Crippen LogP contribution in [0.3, 0.4) is 0 Å². The van der Waals surface area contributed by atoms with Crippen LogP contribution in [0, 0.1) is 12.8 Å². The van der Waals surface area contributed by atoms with Crippen molar-refractivity contribution in [1.82, 2.24) is 0 Å². The molecule has 2 unspecified atom stereocenters. The molecule has 20 heavy (non-hydrogen) atoms. The normalized spacial score (nSPS) is 26.8. The van der Waals surface area contributed by atoms with E-state index < -0.39 is 5.54 Å². The molecular formula is C17H26N2O. The molecule has 1 aromatic carbocycles. The summed E-state index contributed by atoms with van der Waals surface area (Å²) >= 11 is 0. The van der Waals surface area contributed by atoms with Crippen LogP contribution in [0.25, 0.3) is 0 Å². The summed E-state index contributed by atoms with van der Waals surface area (Å²) in [5, 5.41) is 3.43. The monoisotopic (exact) mass is 274 g/mol. The fraction of sp³-hybridized carbons (Fsp3) is 0.588. The second-order valence-corrected chi connectivity index (χ2v) is 6.14. The van der Waals surface area contributed by atoms with E-state index in [2.05, 4.69) is 31.3 Å². The largest absolute Gasteiger partial charge is 0.371 e. The van der Waals surface area contributed by atoms with Crippen LogP contribution in [0.5, 0.6) is 0 Å². The first-order chi connectivity index (χ1) is 9.55. The molecule has 0 aromatic heterocycles. The molecule has 0 bridgehead atoms. The number of aryl methyl sites for hydroxylation is 1. The van der Waals surface area contributed by atoms with Crippen molar-refractivity contribution < 1.29 is 4.79 Å². The van der Waals surface area contributed by atoms with Gasteiger partial charge in [0.15, 0.2) is 0 Å². The van der Waals surface area contributed by atoms with Crippen molar-refractivity contribution in [2.45, 2.75) is 57.9 Å². The van der Waals surface area contributed by atoms with Gasteiger partial charge in [-0.3, -0.25) is 4.79 Å². The molecule has 0 radical (unpaired) electrons. The Morgan fingerprint density at radius 3 is 2.60 bits per heavy atom. The third-order valence-electron chi connectivity index (χ3n) is 4.68. The van der Waals surface area contributed by atoms with E-state index in [9.17, 15) is 4.79 Å². The lowest BCUT2D eigenvalue weighted by Crippen LogP contribution is -2.50. The molecule has 3 nitrogen and oxygen atoms in total. The molecule has 1 saturated carbocycles. The summed E-state index contributed by atoms with van der Waals surface area (Å²) in [6.07, 6.45) is 6.24. The average Bonchev–Trinajstić information content (AvgIpc) is 2.65. The number of amides is 1. The van der Waals surface area contributed by atoms with E-state index in [1.165, 1.54) is 18.4 Å². The zero-order chi connectivity index (χ0) is 14.6. The summed E-state index contributed by atoms with van der Waals surface area (Å²) in [4.78, 5) is 12.1. The lowest BCUT2D eigenvalue weighted by molar-refractivity contribution is -0.122. The number of hydrogen-bond donors (Lipinski definition) is 2. The quantitative estimate of drug-likeness (QED) is 0.824. The van der Waals surface area contributed by atoms with Crippen molar-refractivity contribution in [3.63, 3.8) is 0 Å². The Labute approximate surface area is 121 Å². The van der Waals surface area contributed by atoms with Crippen LogP contribution in [0.4, 0.5) is 5.69 Å². The average molecular weight is 274 g/mol. The maximum absolute atomic E-state index is 12.1. The van der Waals surface area contributed by atoms with Crippen molar-refractivity contribution in [2.24, 2.45) is 11.7 Å². The van der Waals surface area contributed by atoms with Crippen LogP contribution in [0.2, 0.25) is 0 Å². The van der Waals surface area contributed by atoms with Gasteiger partial charge < -0.3 is 11.1 Å². The maximum atomic E-state index is 12.1. The zero-order valence-corrected chi connectivity index (χ0v) is 12.6. The van der Waals surface area contributed by atoms with Crippen molar-refractivity contribution in [3.8, 4) is 0 Å². The number of nitrogens with two attached hydrogens (primary N) is 1. The van der Waals surface area contributed by atoms with Gasteiger partial charge in [0.25, 0.3) is 0 Å². The van der Waals surface area contributed by atoms with Gasteiger partial charge in [-0.2, -0.15) is 0 Å². The van der Waals surface area contributed by atoms with Crippen LogP contribution in [-0.2, 0) is 4.79 Å². The number of carbonyl (C=O) groups excluding carboxylic acids is 1. The second kappa shape index (κ2) is 6.29. The molecule has 1 fully saturated rings. The van der Waals surface area contributed by atoms with Gasteiger partial charge in [-0.1, -0.05) is 43.9 Å². The van der Waals surface area contributed by atoms with Gasteiger partial charge in [0.1, 0.15) is 5.54 Å². The number of anilines is 1. The molecule has 3 heteroatoms. The number of carbonyl (C=O) groups is 1. The van der Waals surface area contributed by atoms with E-state index in [-0.39, 0.29) is 5.91 Å². The zero-order valence-electron chi connectivity index (χ0n) is 12.6. The Balaban J connectivity index is 2.17. The first kappa shape index (κ1) is 14.9. The molecular weight excluding hydrogens is 248 g/mol. The van der Waals surface area contributed by atoms with E-state index in [0.29, 0.717) is 0 Å². The highest BCUT2D eigenvalue weighted by molar-refractivity contribution is 5.88. The predicted octanol–water partition coefficient (Wildman–Crippen LogP) is 3.62. The van der Waals surface area contributed by atoms with Crippen molar-refractivity contribution >= 4 is 11.6 Å². The van der Waals surface area contributed by atoms with Crippen molar-refractivity contribution in [1.29, 1.82) is 0 Å². The second-order valence-electron chi connectivity index (χ2n) is 6.14. The number of primary amides is 1. The summed E-state index contributed by atoms with van der Waals surface area (Å²) < 4.78 is 0. The summed E-state index contributed by atoms with van der Waals surface area (Å²) in [5.74, 6) is 0.519. The van der Waals surface area contributed by atoms with Crippen LogP contribution in [0.15, 0.2) is 24.3 Å². The van der Waals surface area contributed by atoms with E-state index in [0.717, 1.165) is 37.3 Å². The number of nitrogens with one attached hydrogen (secondary N) is 1. The molecule has 0 aliphatic heterocycles. The SMILES string of the molecule is CCC1CCCC(Nc2ccc(C)cc2)(C(N)=O)CC1. The Hall–Kier alpha value is -1.51. The fourth-order valence-electron chi connectivity index (χ4n) is 3.17. The fourth-order valence-corrected chi connectivity index (χ4v) is 3.17. The Kier molecular flexibility index (Phi) is 4.69. The highest BCUT2D eigenvalue weighted by atomic mass is 16.1. The number of hydrogen-bond acceptors (Lipinski definition) is 2. The molecule has 1 aromatic rings. The highest BCUT2D eigenvalue weighted by Gasteiger charge is 2.38. The Bertz CT molecular complexity index is 455. The molecule has 0 saturated heterocycles. The van der Waals surface area contributed by atoms with Crippen molar-refractivity contribution in [2.75, 3.05) is 5.32 Å². The third kappa shape index (κ3) is 3.33. The van der Waals surface area contributed by atoms with Gasteiger partial charge in [-0.05, 0) is 44.2 Å². The maximum Gasteiger partial charge on any atom is 0.243 e. The first-order valence-electron chi connectivity index (χ1n) is 7.70. The van der Waals surface area contributed by atoms with Crippen LogP contribution in [0.1, 0.15) is 51.0 Å². The minimum absolute atomic E-state index is 0.213. The minimum Gasteiger partial charge on any atom is -0.371 e. The molecule has 1 aliphatic carbocycles. The van der Waals surface area contributed by atoms with Crippen LogP contribution >= 0.6 is 0 Å². The molecule has 0 heterocycles. The van der Waals surface area contributed by atoms with E-state index in [4.69, 9.17) is 5.73 Å². The first-order valence-corrected chi connectivity index (χ1v) is 7.70. The minimum atomic E-state index is -0.570. The van der Waals surface area contributed by atoms with Crippen molar-refractivity contribution in [3.05, 3.63) is 29.8 Å². The lowest BCUT2D eigenvalue weighted by Gasteiger charge is -2.32. The van der Waals surface area contributed by atoms with Gasteiger partial charge >= 0.3 is 0 Å². The summed E-state index contributed by atoms with van der Waals surface area (Å²) in [5.41, 5.74) is 7.37. The number of benzene rings is 1. The summed E-state index contributed by atoms with van der Waals surface area (Å²) in [7, 11) is 0. The van der Waals surface area contributed by atoms with Gasteiger partial charge in [-0.15, -0.1) is 0 Å². The predicted molar refractivity (Wildman–Crippen MR) is 83.6 cm³/mol. The Morgan fingerprint density at radius 1 is 1.30 bits per heavy atom. The van der Waals surface area contributed by atoms with E-state index >= 15 is 0 Å². The number of rotatable bonds is 4. The summed E-state index contributed by atoms with van der Waals surface area (Å²) in [6.45, 7) is 4.29. The topological polar surface area (TPSA) is 55.1 Å².